The van der Waals surface area contributed by atoms with Crippen LogP contribution < -0.4 is 4.74 Å². The molecule has 0 radical (unpaired) electrons. The molecule has 1 aromatic carbocycles. The SMILES string of the molecule is CCCOc1c(Cl)cc(Cl)cc1CCCN1CCN(C)CC1. The predicted molar refractivity (Wildman–Crippen MR) is 94.5 cm³/mol. The molecule has 0 unspecified atom stereocenters. The minimum Gasteiger partial charge on any atom is -0.492 e. The number of nitrogens with zero attached hydrogens (tertiary/aromatic N) is 2. The van der Waals surface area contributed by atoms with Crippen LogP contribution in [0.3, 0.4) is 0 Å². The molecule has 1 aliphatic rings. The molecule has 22 heavy (non-hydrogen) atoms. The number of hydrogen-bond donors (Lipinski definition) is 0. The van der Waals surface area contributed by atoms with Gasteiger partial charge in [0.2, 0.25) is 0 Å². The van der Waals surface area contributed by atoms with Crippen molar-refractivity contribution in [2.45, 2.75) is 26.2 Å². The number of hydrogen-bond acceptors (Lipinski definition) is 3. The minimum atomic E-state index is 0.621. The van der Waals surface area contributed by atoms with Crippen LogP contribution in [0, 0.1) is 0 Å². The molecule has 0 amide bonds. The summed E-state index contributed by atoms with van der Waals surface area (Å²) in [5, 5.41) is 1.30. The van der Waals surface area contributed by atoms with Gasteiger partial charge in [0, 0.05) is 31.2 Å². The van der Waals surface area contributed by atoms with E-state index in [0.717, 1.165) is 63.3 Å². The monoisotopic (exact) mass is 344 g/mol. The summed E-state index contributed by atoms with van der Waals surface area (Å²) in [6, 6.07) is 3.75. The van der Waals surface area contributed by atoms with Gasteiger partial charge in [-0.15, -0.1) is 0 Å². The predicted octanol–water partition coefficient (Wildman–Crippen LogP) is 3.96. The van der Waals surface area contributed by atoms with Crippen molar-refractivity contribution in [1.82, 2.24) is 9.80 Å². The zero-order valence-electron chi connectivity index (χ0n) is 13.6. The summed E-state index contributed by atoms with van der Waals surface area (Å²) in [5.41, 5.74) is 1.13. The summed E-state index contributed by atoms with van der Waals surface area (Å²) in [5.74, 6) is 0.811. The molecule has 1 aromatic rings. The van der Waals surface area contributed by atoms with E-state index in [0.29, 0.717) is 16.7 Å². The molecule has 5 heteroatoms. The van der Waals surface area contributed by atoms with Crippen molar-refractivity contribution >= 4 is 23.2 Å². The number of piperazine rings is 1. The standard InChI is InChI=1S/C17H26Cl2N2O/c1-3-11-22-17-14(12-15(18)13-16(17)19)5-4-6-21-9-7-20(2)8-10-21/h12-13H,3-11H2,1-2H3. The highest BCUT2D eigenvalue weighted by Gasteiger charge is 2.14. The van der Waals surface area contributed by atoms with Crippen molar-refractivity contribution in [3.05, 3.63) is 27.7 Å². The van der Waals surface area contributed by atoms with Gasteiger partial charge in [0.1, 0.15) is 5.75 Å². The van der Waals surface area contributed by atoms with Gasteiger partial charge >= 0.3 is 0 Å². The van der Waals surface area contributed by atoms with Crippen LogP contribution in [0.1, 0.15) is 25.3 Å². The highest BCUT2D eigenvalue weighted by Crippen LogP contribution is 2.33. The second-order valence-electron chi connectivity index (χ2n) is 5.97. The van der Waals surface area contributed by atoms with E-state index in [4.69, 9.17) is 27.9 Å². The normalized spacial score (nSPS) is 16.9. The molecule has 0 saturated carbocycles. The molecular weight excluding hydrogens is 319 g/mol. The van der Waals surface area contributed by atoms with Gasteiger partial charge in [-0.25, -0.2) is 0 Å². The molecule has 1 fully saturated rings. The highest BCUT2D eigenvalue weighted by molar-refractivity contribution is 6.35. The van der Waals surface area contributed by atoms with E-state index >= 15 is 0 Å². The molecule has 124 valence electrons. The Morgan fingerprint density at radius 3 is 2.55 bits per heavy atom. The van der Waals surface area contributed by atoms with Crippen LogP contribution in [0.25, 0.3) is 0 Å². The van der Waals surface area contributed by atoms with E-state index in [1.165, 1.54) is 0 Å². The summed E-state index contributed by atoms with van der Waals surface area (Å²) in [4.78, 5) is 4.91. The largest absolute Gasteiger partial charge is 0.492 e. The Kier molecular flexibility index (Phi) is 7.29. The minimum absolute atomic E-state index is 0.621. The van der Waals surface area contributed by atoms with Gasteiger partial charge in [0.25, 0.3) is 0 Å². The first-order valence-corrected chi connectivity index (χ1v) is 8.87. The Bertz CT molecular complexity index is 474. The quantitative estimate of drug-likeness (QED) is 0.744. The van der Waals surface area contributed by atoms with Gasteiger partial charge in [-0.2, -0.15) is 0 Å². The number of likely N-dealkylation sites (N-methyl/N-ethyl adjacent to an activating group) is 1. The second kappa shape index (κ2) is 8.97. The maximum Gasteiger partial charge on any atom is 0.141 e. The fourth-order valence-corrected chi connectivity index (χ4v) is 3.32. The third-order valence-electron chi connectivity index (χ3n) is 4.05. The van der Waals surface area contributed by atoms with Gasteiger partial charge in [-0.3, -0.25) is 0 Å². The Morgan fingerprint density at radius 1 is 1.14 bits per heavy atom. The lowest BCUT2D eigenvalue weighted by atomic mass is 10.1. The van der Waals surface area contributed by atoms with Crippen molar-refractivity contribution in [3.63, 3.8) is 0 Å². The third-order valence-corrected chi connectivity index (χ3v) is 4.55. The van der Waals surface area contributed by atoms with Crippen molar-refractivity contribution in [2.75, 3.05) is 46.4 Å². The average molecular weight is 345 g/mol. The maximum atomic E-state index is 6.29. The zero-order valence-corrected chi connectivity index (χ0v) is 15.1. The Labute approximate surface area is 144 Å². The van der Waals surface area contributed by atoms with Gasteiger partial charge < -0.3 is 14.5 Å². The zero-order chi connectivity index (χ0) is 15.9. The summed E-state index contributed by atoms with van der Waals surface area (Å²) in [6.07, 6.45) is 3.02. The second-order valence-corrected chi connectivity index (χ2v) is 6.82. The number of rotatable bonds is 7. The Hall–Kier alpha value is -0.480. The van der Waals surface area contributed by atoms with Crippen LogP contribution in [0.15, 0.2) is 12.1 Å². The van der Waals surface area contributed by atoms with Crippen LogP contribution >= 0.6 is 23.2 Å². The first-order chi connectivity index (χ1) is 10.6. The van der Waals surface area contributed by atoms with Gasteiger partial charge in [-0.1, -0.05) is 30.1 Å². The average Bonchev–Trinajstić information content (AvgIpc) is 2.48. The third kappa shape index (κ3) is 5.31. The number of halogens is 2. The molecule has 1 heterocycles. The fourth-order valence-electron chi connectivity index (χ4n) is 2.73. The van der Waals surface area contributed by atoms with Gasteiger partial charge in [0.05, 0.1) is 11.6 Å². The Balaban J connectivity index is 1.90. The Morgan fingerprint density at radius 2 is 1.86 bits per heavy atom. The molecule has 0 atom stereocenters. The van der Waals surface area contributed by atoms with E-state index in [9.17, 15) is 0 Å². The molecule has 1 aliphatic heterocycles. The van der Waals surface area contributed by atoms with E-state index in [1.807, 2.05) is 6.07 Å². The molecule has 3 nitrogen and oxygen atoms in total. The van der Waals surface area contributed by atoms with Crippen LogP contribution in [0.2, 0.25) is 10.0 Å². The van der Waals surface area contributed by atoms with Crippen molar-refractivity contribution in [2.24, 2.45) is 0 Å². The van der Waals surface area contributed by atoms with Crippen molar-refractivity contribution < 1.29 is 4.74 Å². The molecule has 0 N–H and O–H groups in total. The van der Waals surface area contributed by atoms with Gasteiger partial charge in [0.15, 0.2) is 0 Å². The van der Waals surface area contributed by atoms with Crippen LogP contribution in [0.5, 0.6) is 5.75 Å². The molecule has 0 aromatic heterocycles. The fraction of sp³-hybridized carbons (Fsp3) is 0.647. The molecular formula is C17H26Cl2N2O. The molecule has 1 saturated heterocycles. The van der Waals surface area contributed by atoms with E-state index in [2.05, 4.69) is 23.8 Å². The number of ether oxygens (including phenoxy) is 1. The molecule has 2 rings (SSSR count). The van der Waals surface area contributed by atoms with Gasteiger partial charge in [-0.05, 0) is 50.6 Å². The first-order valence-electron chi connectivity index (χ1n) is 8.11. The van der Waals surface area contributed by atoms with Crippen molar-refractivity contribution in [3.8, 4) is 5.75 Å². The maximum absolute atomic E-state index is 6.29. The highest BCUT2D eigenvalue weighted by atomic mass is 35.5. The van der Waals surface area contributed by atoms with Crippen LogP contribution in [-0.4, -0.2) is 56.2 Å². The van der Waals surface area contributed by atoms with Crippen molar-refractivity contribution in [1.29, 1.82) is 0 Å². The summed E-state index contributed by atoms with van der Waals surface area (Å²) >= 11 is 12.4. The summed E-state index contributed by atoms with van der Waals surface area (Å²) in [7, 11) is 2.18. The topological polar surface area (TPSA) is 15.7 Å². The summed E-state index contributed by atoms with van der Waals surface area (Å²) < 4.78 is 5.82. The first kappa shape index (κ1) is 17.9. The number of aryl methyl sites for hydroxylation is 1. The lowest BCUT2D eigenvalue weighted by Crippen LogP contribution is -2.44. The van der Waals surface area contributed by atoms with Crippen LogP contribution in [0.4, 0.5) is 0 Å². The smallest absolute Gasteiger partial charge is 0.141 e. The number of benzene rings is 1. The van der Waals surface area contributed by atoms with E-state index < -0.39 is 0 Å². The molecule has 0 bridgehead atoms. The lowest BCUT2D eigenvalue weighted by Gasteiger charge is -2.32. The summed E-state index contributed by atoms with van der Waals surface area (Å²) in [6.45, 7) is 8.54. The van der Waals surface area contributed by atoms with Crippen LogP contribution in [-0.2, 0) is 6.42 Å². The lowest BCUT2D eigenvalue weighted by molar-refractivity contribution is 0.153. The molecule has 0 aliphatic carbocycles. The van der Waals surface area contributed by atoms with E-state index in [-0.39, 0.29) is 0 Å². The van der Waals surface area contributed by atoms with E-state index in [1.54, 1.807) is 6.07 Å². The molecule has 0 spiro atoms.